The average molecular weight is 332 g/mol. The van der Waals surface area contributed by atoms with Crippen LogP contribution >= 0.6 is 0 Å². The predicted octanol–water partition coefficient (Wildman–Crippen LogP) is 2.75. The lowest BCUT2D eigenvalue weighted by Crippen LogP contribution is -2.43. The number of carbonyl (C=O) groups is 2. The molecule has 1 heterocycles. The van der Waals surface area contributed by atoms with E-state index in [0.29, 0.717) is 25.1 Å². The van der Waals surface area contributed by atoms with Crippen LogP contribution in [0.1, 0.15) is 12.8 Å². The van der Waals surface area contributed by atoms with Crippen molar-refractivity contribution >= 4 is 17.7 Å². The highest BCUT2D eigenvalue weighted by molar-refractivity contribution is 5.93. The first kappa shape index (κ1) is 16.9. The number of ether oxygens (including phenoxy) is 2. The highest BCUT2D eigenvalue weighted by Crippen LogP contribution is 2.25. The summed E-state index contributed by atoms with van der Waals surface area (Å²) >= 11 is 0. The molecule has 1 aliphatic heterocycles. The van der Waals surface area contributed by atoms with Crippen LogP contribution in [0.5, 0.6) is 5.75 Å². The van der Waals surface area contributed by atoms with Gasteiger partial charge in [0.05, 0.1) is 7.11 Å². The quantitative estimate of drug-likeness (QED) is 0.864. The molecule has 1 saturated heterocycles. The van der Waals surface area contributed by atoms with E-state index in [1.165, 1.54) is 24.1 Å². The number of urea groups is 1. The SMILES string of the molecule is COC(=O)C1CCCN1C(=O)Nc1ccc(OC(F)(F)F)cc1. The third-order valence-electron chi connectivity index (χ3n) is 3.33. The zero-order valence-electron chi connectivity index (χ0n) is 12.2. The summed E-state index contributed by atoms with van der Waals surface area (Å²) in [6, 6.07) is 3.58. The van der Waals surface area contributed by atoms with Gasteiger partial charge in [-0.05, 0) is 37.1 Å². The summed E-state index contributed by atoms with van der Waals surface area (Å²) in [5, 5.41) is 2.53. The summed E-state index contributed by atoms with van der Waals surface area (Å²) in [6.07, 6.45) is -3.59. The van der Waals surface area contributed by atoms with Crippen LogP contribution in [0.25, 0.3) is 0 Å². The monoisotopic (exact) mass is 332 g/mol. The second-order valence-electron chi connectivity index (χ2n) is 4.88. The summed E-state index contributed by atoms with van der Waals surface area (Å²) in [5.41, 5.74) is 0.292. The number of carbonyl (C=O) groups excluding carboxylic acids is 2. The van der Waals surface area contributed by atoms with E-state index in [9.17, 15) is 22.8 Å². The van der Waals surface area contributed by atoms with E-state index in [1.54, 1.807) is 0 Å². The molecule has 0 spiro atoms. The number of alkyl halides is 3. The lowest BCUT2D eigenvalue weighted by molar-refractivity contribution is -0.274. The second-order valence-corrected chi connectivity index (χ2v) is 4.88. The fraction of sp³-hybridized carbons (Fsp3) is 0.429. The van der Waals surface area contributed by atoms with Gasteiger partial charge in [-0.1, -0.05) is 0 Å². The first-order chi connectivity index (χ1) is 10.8. The Morgan fingerprint density at radius 1 is 1.26 bits per heavy atom. The van der Waals surface area contributed by atoms with Crippen molar-refractivity contribution in [2.45, 2.75) is 25.2 Å². The van der Waals surface area contributed by atoms with Gasteiger partial charge in [-0.2, -0.15) is 0 Å². The smallest absolute Gasteiger partial charge is 0.467 e. The molecule has 0 radical (unpaired) electrons. The number of hydrogen-bond donors (Lipinski definition) is 1. The molecule has 1 fully saturated rings. The topological polar surface area (TPSA) is 67.9 Å². The molecule has 1 atom stereocenters. The molecule has 6 nitrogen and oxygen atoms in total. The standard InChI is InChI=1S/C14H15F3N2O4/c1-22-12(20)11-3-2-8-19(11)13(21)18-9-4-6-10(7-5-9)23-14(15,16)17/h4-7,11H,2-3,8H2,1H3,(H,18,21). The van der Waals surface area contributed by atoms with Crippen molar-refractivity contribution in [3.05, 3.63) is 24.3 Å². The van der Waals surface area contributed by atoms with E-state index >= 15 is 0 Å². The molecule has 2 rings (SSSR count). The first-order valence-electron chi connectivity index (χ1n) is 6.81. The number of benzene rings is 1. The van der Waals surface area contributed by atoms with Crippen molar-refractivity contribution in [3.8, 4) is 5.75 Å². The van der Waals surface area contributed by atoms with Crippen LogP contribution in [0.2, 0.25) is 0 Å². The number of rotatable bonds is 3. The van der Waals surface area contributed by atoms with Crippen LogP contribution in [0.3, 0.4) is 0 Å². The van der Waals surface area contributed by atoms with Crippen molar-refractivity contribution in [3.63, 3.8) is 0 Å². The maximum atomic E-state index is 12.2. The Balaban J connectivity index is 1.98. The van der Waals surface area contributed by atoms with E-state index in [0.717, 1.165) is 12.1 Å². The van der Waals surface area contributed by atoms with E-state index in [2.05, 4.69) is 14.8 Å². The van der Waals surface area contributed by atoms with Crippen LogP contribution in [-0.4, -0.2) is 43.0 Å². The third-order valence-corrected chi connectivity index (χ3v) is 3.33. The number of nitrogens with zero attached hydrogens (tertiary/aromatic N) is 1. The highest BCUT2D eigenvalue weighted by Gasteiger charge is 2.35. The Morgan fingerprint density at radius 3 is 2.48 bits per heavy atom. The van der Waals surface area contributed by atoms with Gasteiger partial charge in [0.1, 0.15) is 11.8 Å². The van der Waals surface area contributed by atoms with Crippen molar-refractivity contribution < 1.29 is 32.2 Å². The Kier molecular flexibility index (Phi) is 4.97. The molecule has 0 aromatic heterocycles. The molecule has 9 heteroatoms. The lowest BCUT2D eigenvalue weighted by Gasteiger charge is -2.23. The van der Waals surface area contributed by atoms with Gasteiger partial charge in [-0.15, -0.1) is 13.2 Å². The molecule has 1 aliphatic rings. The zero-order valence-corrected chi connectivity index (χ0v) is 12.2. The molecule has 1 N–H and O–H groups in total. The Morgan fingerprint density at radius 2 is 1.91 bits per heavy atom. The molecule has 1 unspecified atom stereocenters. The lowest BCUT2D eigenvalue weighted by atomic mass is 10.2. The maximum absolute atomic E-state index is 12.2. The van der Waals surface area contributed by atoms with Crippen molar-refractivity contribution in [1.82, 2.24) is 4.90 Å². The van der Waals surface area contributed by atoms with Crippen LogP contribution in [0.4, 0.5) is 23.7 Å². The molecule has 1 aromatic carbocycles. The van der Waals surface area contributed by atoms with Gasteiger partial charge in [-0.25, -0.2) is 9.59 Å². The van der Waals surface area contributed by atoms with Crippen LogP contribution < -0.4 is 10.1 Å². The third kappa shape index (κ3) is 4.51. The minimum Gasteiger partial charge on any atom is -0.467 e. The first-order valence-corrected chi connectivity index (χ1v) is 6.81. The van der Waals surface area contributed by atoms with Crippen molar-refractivity contribution in [1.29, 1.82) is 0 Å². The minimum absolute atomic E-state index is 0.292. The van der Waals surface area contributed by atoms with Gasteiger partial charge in [0.25, 0.3) is 0 Å². The van der Waals surface area contributed by atoms with Gasteiger partial charge >= 0.3 is 18.4 Å². The summed E-state index contributed by atoms with van der Waals surface area (Å²) in [4.78, 5) is 25.1. The number of methoxy groups -OCH3 is 1. The minimum atomic E-state index is -4.77. The maximum Gasteiger partial charge on any atom is 0.573 e. The number of halogens is 3. The number of esters is 1. The number of likely N-dealkylation sites (tertiary alicyclic amines) is 1. The summed E-state index contributed by atoms with van der Waals surface area (Å²) < 4.78 is 44.6. The normalized spacial score (nSPS) is 17.7. The molecule has 126 valence electrons. The number of nitrogens with one attached hydrogen (secondary N) is 1. The summed E-state index contributed by atoms with van der Waals surface area (Å²) in [7, 11) is 1.25. The number of amides is 2. The Hall–Kier alpha value is -2.45. The molecule has 23 heavy (non-hydrogen) atoms. The molecular formula is C14H15F3N2O4. The Bertz CT molecular complexity index is 574. The molecule has 1 aromatic rings. The highest BCUT2D eigenvalue weighted by atomic mass is 19.4. The molecule has 0 bridgehead atoms. The van der Waals surface area contributed by atoms with Gasteiger partial charge in [0.2, 0.25) is 0 Å². The largest absolute Gasteiger partial charge is 0.573 e. The van der Waals surface area contributed by atoms with E-state index in [-0.39, 0.29) is 5.75 Å². The van der Waals surface area contributed by atoms with E-state index < -0.39 is 24.4 Å². The van der Waals surface area contributed by atoms with Gasteiger partial charge < -0.3 is 19.7 Å². The summed E-state index contributed by atoms with van der Waals surface area (Å²) in [6.45, 7) is 0.404. The van der Waals surface area contributed by atoms with Crippen LogP contribution in [0.15, 0.2) is 24.3 Å². The van der Waals surface area contributed by atoms with Crippen molar-refractivity contribution in [2.24, 2.45) is 0 Å². The predicted molar refractivity (Wildman–Crippen MR) is 73.9 cm³/mol. The Labute approximate surface area is 130 Å². The molecule has 0 saturated carbocycles. The number of hydrogen-bond acceptors (Lipinski definition) is 4. The van der Waals surface area contributed by atoms with Crippen LogP contribution in [-0.2, 0) is 9.53 Å². The van der Waals surface area contributed by atoms with Gasteiger partial charge in [0, 0.05) is 12.2 Å². The second kappa shape index (κ2) is 6.76. The summed E-state index contributed by atoms with van der Waals surface area (Å²) in [5.74, 6) is -0.879. The fourth-order valence-electron chi connectivity index (χ4n) is 2.33. The molecular weight excluding hydrogens is 317 g/mol. The van der Waals surface area contributed by atoms with Gasteiger partial charge in [-0.3, -0.25) is 0 Å². The molecule has 0 aliphatic carbocycles. The van der Waals surface area contributed by atoms with Crippen LogP contribution in [0, 0.1) is 0 Å². The fourth-order valence-corrected chi connectivity index (χ4v) is 2.33. The van der Waals surface area contributed by atoms with Gasteiger partial charge in [0.15, 0.2) is 0 Å². The average Bonchev–Trinajstić information content (AvgIpc) is 2.96. The number of anilines is 1. The van der Waals surface area contributed by atoms with Crippen molar-refractivity contribution in [2.75, 3.05) is 19.0 Å². The molecule has 2 amide bonds. The van der Waals surface area contributed by atoms with E-state index in [4.69, 9.17) is 0 Å². The van der Waals surface area contributed by atoms with E-state index in [1.807, 2.05) is 0 Å². The zero-order chi connectivity index (χ0) is 17.0.